The molecule has 4 nitrogen and oxygen atoms in total. The molecule has 1 atom stereocenters. The Morgan fingerprint density at radius 1 is 1.44 bits per heavy atom. The van der Waals surface area contributed by atoms with Crippen LogP contribution in [0.2, 0.25) is 0 Å². The molecule has 0 heterocycles. The van der Waals surface area contributed by atoms with Gasteiger partial charge in [0.15, 0.2) is 0 Å². The van der Waals surface area contributed by atoms with Crippen LogP contribution in [0.25, 0.3) is 0 Å². The minimum absolute atomic E-state index is 0.000460. The van der Waals surface area contributed by atoms with Crippen LogP contribution in [0.4, 0.5) is 11.4 Å². The van der Waals surface area contributed by atoms with Gasteiger partial charge in [0.25, 0.3) is 5.91 Å². The van der Waals surface area contributed by atoms with Crippen molar-refractivity contribution in [2.24, 2.45) is 5.92 Å². The monoisotopic (exact) mass is 247 g/mol. The van der Waals surface area contributed by atoms with Crippen molar-refractivity contribution < 1.29 is 4.79 Å². The lowest BCUT2D eigenvalue weighted by atomic mass is 10.1. The normalized spacial score (nSPS) is 16.2. The molecule has 18 heavy (non-hydrogen) atoms. The predicted molar refractivity (Wildman–Crippen MR) is 74.7 cm³/mol. The first kappa shape index (κ1) is 12.7. The van der Waals surface area contributed by atoms with Gasteiger partial charge in [0.1, 0.15) is 0 Å². The number of anilines is 2. The Balaban J connectivity index is 2.25. The van der Waals surface area contributed by atoms with E-state index in [4.69, 9.17) is 5.73 Å². The number of nitrogens with one attached hydrogen (secondary N) is 1. The molecule has 1 aromatic rings. The molecule has 0 saturated heterocycles. The molecule has 1 fully saturated rings. The highest BCUT2D eigenvalue weighted by molar-refractivity contribution is 6.00. The summed E-state index contributed by atoms with van der Waals surface area (Å²) >= 11 is 0. The van der Waals surface area contributed by atoms with Crippen LogP contribution in [0.3, 0.4) is 0 Å². The Hall–Kier alpha value is -1.71. The topological polar surface area (TPSA) is 58.4 Å². The summed E-state index contributed by atoms with van der Waals surface area (Å²) in [6, 6.07) is 5.79. The van der Waals surface area contributed by atoms with Crippen molar-refractivity contribution in [1.82, 2.24) is 4.90 Å². The fraction of sp³-hybridized carbons (Fsp3) is 0.500. The van der Waals surface area contributed by atoms with Crippen LogP contribution in [-0.4, -0.2) is 30.9 Å². The maximum atomic E-state index is 12.1. The Kier molecular flexibility index (Phi) is 3.45. The van der Waals surface area contributed by atoms with Crippen molar-refractivity contribution in [1.29, 1.82) is 0 Å². The standard InChI is InChI=1S/C14H21N3O/c1-9(10-4-5-10)16-13-8-11(15)6-7-12(13)14(18)17(2)3/h6-10,16H,4-5,15H2,1-3H3. The first-order valence-corrected chi connectivity index (χ1v) is 6.36. The molecule has 1 aromatic carbocycles. The van der Waals surface area contributed by atoms with Crippen molar-refractivity contribution in [2.75, 3.05) is 25.1 Å². The minimum Gasteiger partial charge on any atom is -0.399 e. The lowest BCUT2D eigenvalue weighted by Crippen LogP contribution is -2.25. The van der Waals surface area contributed by atoms with Gasteiger partial charge in [0.2, 0.25) is 0 Å². The van der Waals surface area contributed by atoms with Crippen LogP contribution in [0, 0.1) is 5.92 Å². The van der Waals surface area contributed by atoms with Crippen LogP contribution in [0.1, 0.15) is 30.1 Å². The van der Waals surface area contributed by atoms with E-state index in [2.05, 4.69) is 12.2 Å². The molecule has 1 aliphatic carbocycles. The first-order chi connectivity index (χ1) is 8.49. The molecule has 0 aromatic heterocycles. The molecule has 1 amide bonds. The molecular formula is C14H21N3O. The Morgan fingerprint density at radius 2 is 2.11 bits per heavy atom. The summed E-state index contributed by atoms with van der Waals surface area (Å²) in [6.07, 6.45) is 2.54. The third kappa shape index (κ3) is 2.75. The van der Waals surface area contributed by atoms with Crippen LogP contribution < -0.4 is 11.1 Å². The Labute approximate surface area is 108 Å². The van der Waals surface area contributed by atoms with Crippen LogP contribution in [-0.2, 0) is 0 Å². The van der Waals surface area contributed by atoms with Crippen LogP contribution >= 0.6 is 0 Å². The van der Waals surface area contributed by atoms with Gasteiger partial charge in [-0.1, -0.05) is 0 Å². The predicted octanol–water partition coefficient (Wildman–Crippen LogP) is 2.18. The average molecular weight is 247 g/mol. The van der Waals surface area contributed by atoms with E-state index in [1.807, 2.05) is 6.07 Å². The van der Waals surface area contributed by atoms with E-state index >= 15 is 0 Å². The molecule has 1 aliphatic rings. The number of hydrogen-bond donors (Lipinski definition) is 2. The number of nitrogens with two attached hydrogens (primary N) is 1. The summed E-state index contributed by atoms with van der Waals surface area (Å²) in [5, 5.41) is 3.42. The largest absolute Gasteiger partial charge is 0.399 e. The zero-order chi connectivity index (χ0) is 13.3. The number of rotatable bonds is 4. The molecule has 0 radical (unpaired) electrons. The van der Waals surface area contributed by atoms with Gasteiger partial charge in [-0.15, -0.1) is 0 Å². The maximum Gasteiger partial charge on any atom is 0.255 e. The molecule has 4 heteroatoms. The molecule has 3 N–H and O–H groups in total. The molecule has 1 saturated carbocycles. The molecule has 0 aliphatic heterocycles. The smallest absolute Gasteiger partial charge is 0.255 e. The van der Waals surface area contributed by atoms with E-state index in [-0.39, 0.29) is 5.91 Å². The number of carbonyl (C=O) groups is 1. The molecule has 2 rings (SSSR count). The molecule has 98 valence electrons. The van der Waals surface area contributed by atoms with E-state index in [0.717, 1.165) is 11.6 Å². The Morgan fingerprint density at radius 3 is 2.67 bits per heavy atom. The Bertz CT molecular complexity index is 452. The fourth-order valence-corrected chi connectivity index (χ4v) is 2.07. The van der Waals surface area contributed by atoms with Gasteiger partial charge in [0, 0.05) is 31.5 Å². The highest BCUT2D eigenvalue weighted by Gasteiger charge is 2.28. The average Bonchev–Trinajstić information content (AvgIpc) is 3.12. The minimum atomic E-state index is 0.000460. The molecule has 0 spiro atoms. The third-order valence-corrected chi connectivity index (χ3v) is 3.39. The van der Waals surface area contributed by atoms with Crippen molar-refractivity contribution in [3.8, 4) is 0 Å². The van der Waals surface area contributed by atoms with Crippen molar-refractivity contribution in [3.63, 3.8) is 0 Å². The van der Waals surface area contributed by atoms with Crippen LogP contribution in [0.15, 0.2) is 18.2 Å². The van der Waals surface area contributed by atoms with Gasteiger partial charge in [-0.05, 0) is 43.9 Å². The van der Waals surface area contributed by atoms with Gasteiger partial charge in [-0.3, -0.25) is 4.79 Å². The fourth-order valence-electron chi connectivity index (χ4n) is 2.07. The second-order valence-corrected chi connectivity index (χ2v) is 5.28. The summed E-state index contributed by atoms with van der Waals surface area (Å²) in [5.41, 5.74) is 8.01. The van der Waals surface area contributed by atoms with Gasteiger partial charge < -0.3 is 16.0 Å². The van der Waals surface area contributed by atoms with E-state index in [1.165, 1.54) is 12.8 Å². The van der Waals surface area contributed by atoms with E-state index in [9.17, 15) is 4.79 Å². The summed E-state index contributed by atoms with van der Waals surface area (Å²) < 4.78 is 0. The summed E-state index contributed by atoms with van der Waals surface area (Å²) in [7, 11) is 3.51. The van der Waals surface area contributed by atoms with Gasteiger partial charge in [-0.25, -0.2) is 0 Å². The number of hydrogen-bond acceptors (Lipinski definition) is 3. The lowest BCUT2D eigenvalue weighted by molar-refractivity contribution is 0.0828. The summed E-state index contributed by atoms with van der Waals surface area (Å²) in [5.74, 6) is 0.731. The SMILES string of the molecule is CC(Nc1cc(N)ccc1C(=O)N(C)C)C1CC1. The van der Waals surface area contributed by atoms with Crippen molar-refractivity contribution in [3.05, 3.63) is 23.8 Å². The summed E-state index contributed by atoms with van der Waals surface area (Å²) in [6.45, 7) is 2.16. The quantitative estimate of drug-likeness (QED) is 0.802. The van der Waals surface area contributed by atoms with E-state index in [1.54, 1.807) is 31.1 Å². The van der Waals surface area contributed by atoms with Gasteiger partial charge in [-0.2, -0.15) is 0 Å². The van der Waals surface area contributed by atoms with Gasteiger partial charge >= 0.3 is 0 Å². The highest BCUT2D eigenvalue weighted by Crippen LogP contribution is 2.34. The zero-order valence-corrected chi connectivity index (χ0v) is 11.2. The number of nitrogens with zero attached hydrogens (tertiary/aromatic N) is 1. The number of carbonyl (C=O) groups excluding carboxylic acids is 1. The molecule has 1 unspecified atom stereocenters. The third-order valence-electron chi connectivity index (χ3n) is 3.39. The highest BCUT2D eigenvalue weighted by atomic mass is 16.2. The molecular weight excluding hydrogens is 226 g/mol. The van der Waals surface area contributed by atoms with Gasteiger partial charge in [0.05, 0.1) is 5.56 Å². The first-order valence-electron chi connectivity index (χ1n) is 6.36. The van der Waals surface area contributed by atoms with Crippen molar-refractivity contribution in [2.45, 2.75) is 25.8 Å². The number of amides is 1. The van der Waals surface area contributed by atoms with Crippen LogP contribution in [0.5, 0.6) is 0 Å². The lowest BCUT2D eigenvalue weighted by Gasteiger charge is -2.19. The second-order valence-electron chi connectivity index (χ2n) is 5.28. The van der Waals surface area contributed by atoms with E-state index in [0.29, 0.717) is 17.3 Å². The van der Waals surface area contributed by atoms with Crippen molar-refractivity contribution >= 4 is 17.3 Å². The number of benzene rings is 1. The zero-order valence-electron chi connectivity index (χ0n) is 11.2. The van der Waals surface area contributed by atoms with E-state index < -0.39 is 0 Å². The number of nitrogen functional groups attached to an aromatic ring is 1. The molecule has 0 bridgehead atoms. The second kappa shape index (κ2) is 4.88. The maximum absolute atomic E-state index is 12.1. The summed E-state index contributed by atoms with van der Waals surface area (Å²) in [4.78, 5) is 13.7.